The first-order chi connectivity index (χ1) is 12.5. The highest BCUT2D eigenvalue weighted by atomic mass is 35.5. The third-order valence-corrected chi connectivity index (χ3v) is 5.29. The highest BCUT2D eigenvalue weighted by molar-refractivity contribution is 7.80. The van der Waals surface area contributed by atoms with Gasteiger partial charge in [0.15, 0.2) is 11.7 Å². The van der Waals surface area contributed by atoms with E-state index in [0.717, 1.165) is 48.9 Å². The first kappa shape index (κ1) is 20.9. The fourth-order valence-corrected chi connectivity index (χ4v) is 3.34. The zero-order chi connectivity index (χ0) is 18.9. The van der Waals surface area contributed by atoms with Crippen molar-refractivity contribution in [3.8, 4) is 0 Å². The number of amides is 1. The molecule has 2 rings (SSSR count). The minimum Gasteiger partial charge on any atom is -0.385 e. The van der Waals surface area contributed by atoms with Crippen molar-refractivity contribution >= 4 is 40.5 Å². The summed E-state index contributed by atoms with van der Waals surface area (Å²) in [4.78, 5) is 15.4. The van der Waals surface area contributed by atoms with Gasteiger partial charge in [0, 0.05) is 31.0 Å². The molecule has 1 fully saturated rings. The molecule has 0 unspecified atom stereocenters. The van der Waals surface area contributed by atoms with Gasteiger partial charge in [-0.1, -0.05) is 17.7 Å². The summed E-state index contributed by atoms with van der Waals surface area (Å²) in [5, 5.41) is 7.66. The molecule has 0 aromatic heterocycles. The normalized spacial score (nSPS) is 15.0. The zero-order valence-electron chi connectivity index (χ0n) is 15.4. The van der Waals surface area contributed by atoms with Crippen LogP contribution in [-0.4, -0.2) is 68.9 Å². The molecule has 0 bridgehead atoms. The molecule has 6 nitrogen and oxygen atoms in total. The minimum absolute atomic E-state index is 0.0970. The number of rotatable bonds is 7. The molecule has 1 aliphatic rings. The Morgan fingerprint density at radius 3 is 2.81 bits per heavy atom. The SMILES string of the molecule is COCCCNC(=O)C[NH+]1CCN(C(=S)Nc2cccc(Cl)c2C)CC1. The lowest BCUT2D eigenvalue weighted by Gasteiger charge is -2.33. The van der Waals surface area contributed by atoms with Crippen LogP contribution in [0.4, 0.5) is 5.69 Å². The summed E-state index contributed by atoms with van der Waals surface area (Å²) in [6, 6.07) is 5.75. The van der Waals surface area contributed by atoms with Crippen LogP contribution in [0.3, 0.4) is 0 Å². The number of nitrogens with one attached hydrogen (secondary N) is 3. The lowest BCUT2D eigenvalue weighted by molar-refractivity contribution is -0.895. The largest absolute Gasteiger partial charge is 0.385 e. The first-order valence-electron chi connectivity index (χ1n) is 8.91. The van der Waals surface area contributed by atoms with Gasteiger partial charge in [-0.25, -0.2) is 0 Å². The van der Waals surface area contributed by atoms with Crippen molar-refractivity contribution in [3.63, 3.8) is 0 Å². The topological polar surface area (TPSA) is 58.0 Å². The molecule has 26 heavy (non-hydrogen) atoms. The molecule has 0 radical (unpaired) electrons. The van der Waals surface area contributed by atoms with Crippen LogP contribution < -0.4 is 15.5 Å². The molecule has 1 amide bonds. The first-order valence-corrected chi connectivity index (χ1v) is 9.70. The lowest BCUT2D eigenvalue weighted by Crippen LogP contribution is -3.15. The number of hydrogen-bond donors (Lipinski definition) is 3. The smallest absolute Gasteiger partial charge is 0.275 e. The van der Waals surface area contributed by atoms with Crippen molar-refractivity contribution in [3.05, 3.63) is 28.8 Å². The van der Waals surface area contributed by atoms with E-state index in [1.54, 1.807) is 7.11 Å². The average Bonchev–Trinajstić information content (AvgIpc) is 2.63. The van der Waals surface area contributed by atoms with Gasteiger partial charge < -0.3 is 25.2 Å². The molecule has 1 aromatic carbocycles. The van der Waals surface area contributed by atoms with Crippen molar-refractivity contribution in [2.24, 2.45) is 0 Å². The summed E-state index contributed by atoms with van der Waals surface area (Å²) in [6.45, 7) is 7.26. The van der Waals surface area contributed by atoms with E-state index in [1.165, 1.54) is 4.90 Å². The maximum atomic E-state index is 12.0. The van der Waals surface area contributed by atoms with Crippen molar-refractivity contribution in [1.82, 2.24) is 10.2 Å². The number of thiocarbonyl (C=S) groups is 1. The predicted octanol–water partition coefficient (Wildman–Crippen LogP) is 0.698. The van der Waals surface area contributed by atoms with Gasteiger partial charge in [-0.3, -0.25) is 4.79 Å². The van der Waals surface area contributed by atoms with Crippen molar-refractivity contribution in [2.75, 3.05) is 58.3 Å². The molecular weight excluding hydrogens is 372 g/mol. The van der Waals surface area contributed by atoms with Gasteiger partial charge in [0.2, 0.25) is 0 Å². The number of hydrogen-bond acceptors (Lipinski definition) is 3. The Morgan fingerprint density at radius 1 is 1.38 bits per heavy atom. The Kier molecular flexibility index (Phi) is 8.58. The van der Waals surface area contributed by atoms with Gasteiger partial charge >= 0.3 is 0 Å². The van der Waals surface area contributed by atoms with E-state index < -0.39 is 0 Å². The molecule has 0 spiro atoms. The van der Waals surface area contributed by atoms with E-state index in [0.29, 0.717) is 24.8 Å². The summed E-state index contributed by atoms with van der Waals surface area (Å²) in [7, 11) is 1.67. The summed E-state index contributed by atoms with van der Waals surface area (Å²) in [6.07, 6.45) is 0.841. The highest BCUT2D eigenvalue weighted by Crippen LogP contribution is 2.23. The number of carbonyl (C=O) groups excluding carboxylic acids is 1. The lowest BCUT2D eigenvalue weighted by atomic mass is 10.2. The predicted molar refractivity (Wildman–Crippen MR) is 109 cm³/mol. The molecule has 1 aromatic rings. The number of nitrogens with zero attached hydrogens (tertiary/aromatic N) is 1. The molecule has 1 heterocycles. The van der Waals surface area contributed by atoms with E-state index in [4.69, 9.17) is 28.6 Å². The number of quaternary nitrogens is 1. The van der Waals surface area contributed by atoms with Crippen LogP contribution in [-0.2, 0) is 9.53 Å². The van der Waals surface area contributed by atoms with Crippen LogP contribution >= 0.6 is 23.8 Å². The van der Waals surface area contributed by atoms with Gasteiger partial charge in [-0.2, -0.15) is 0 Å². The fourth-order valence-electron chi connectivity index (χ4n) is 2.87. The molecular formula is C18H28ClN4O2S+. The van der Waals surface area contributed by atoms with Crippen LogP contribution in [0, 0.1) is 6.92 Å². The Balaban J connectivity index is 1.73. The molecule has 3 N–H and O–H groups in total. The zero-order valence-corrected chi connectivity index (χ0v) is 17.0. The molecule has 8 heteroatoms. The second-order valence-corrected chi connectivity index (χ2v) is 7.25. The number of methoxy groups -OCH3 is 1. The van der Waals surface area contributed by atoms with Crippen molar-refractivity contribution < 1.29 is 14.4 Å². The molecule has 1 aliphatic heterocycles. The summed E-state index contributed by atoms with van der Waals surface area (Å²) < 4.78 is 4.98. The highest BCUT2D eigenvalue weighted by Gasteiger charge is 2.23. The fraction of sp³-hybridized carbons (Fsp3) is 0.556. The van der Waals surface area contributed by atoms with Gasteiger partial charge in [-0.05, 0) is 43.3 Å². The number of carbonyl (C=O) groups is 1. The Labute approximate surface area is 165 Å². The Morgan fingerprint density at radius 2 is 2.12 bits per heavy atom. The van der Waals surface area contributed by atoms with Crippen molar-refractivity contribution in [2.45, 2.75) is 13.3 Å². The third-order valence-electron chi connectivity index (χ3n) is 4.53. The van der Waals surface area contributed by atoms with Crippen LogP contribution in [0.25, 0.3) is 0 Å². The maximum Gasteiger partial charge on any atom is 0.275 e. The monoisotopic (exact) mass is 399 g/mol. The van der Waals surface area contributed by atoms with E-state index in [9.17, 15) is 4.79 Å². The summed E-state index contributed by atoms with van der Waals surface area (Å²) in [5.41, 5.74) is 1.93. The number of halogens is 1. The van der Waals surface area contributed by atoms with Gasteiger partial charge in [0.25, 0.3) is 5.91 Å². The van der Waals surface area contributed by atoms with Gasteiger partial charge in [-0.15, -0.1) is 0 Å². The van der Waals surface area contributed by atoms with Crippen molar-refractivity contribution in [1.29, 1.82) is 0 Å². The van der Waals surface area contributed by atoms with E-state index >= 15 is 0 Å². The number of piperazine rings is 1. The Hall–Kier alpha value is -1.41. The molecule has 144 valence electrons. The van der Waals surface area contributed by atoms with Crippen LogP contribution in [0.15, 0.2) is 18.2 Å². The number of ether oxygens (including phenoxy) is 1. The Bertz CT molecular complexity index is 621. The third kappa shape index (κ3) is 6.39. The summed E-state index contributed by atoms with van der Waals surface area (Å²) >= 11 is 11.7. The molecule has 1 saturated heterocycles. The van der Waals surface area contributed by atoms with Crippen LogP contribution in [0.1, 0.15) is 12.0 Å². The number of anilines is 1. The second-order valence-electron chi connectivity index (χ2n) is 6.45. The standard InChI is InChI=1S/C18H27ClN4O2S/c1-14-15(19)5-3-6-16(14)21-18(26)23-10-8-22(9-11-23)13-17(24)20-7-4-12-25-2/h3,5-6H,4,7-13H2,1-2H3,(H,20,24)(H,21,26)/p+1. The van der Waals surface area contributed by atoms with Gasteiger partial charge in [0.1, 0.15) is 0 Å². The van der Waals surface area contributed by atoms with E-state index in [2.05, 4.69) is 15.5 Å². The number of benzene rings is 1. The van der Waals surface area contributed by atoms with E-state index in [1.807, 2.05) is 25.1 Å². The van der Waals surface area contributed by atoms with Crippen LogP contribution in [0.5, 0.6) is 0 Å². The maximum absolute atomic E-state index is 12.0. The second kappa shape index (κ2) is 10.7. The molecule has 0 saturated carbocycles. The van der Waals surface area contributed by atoms with Gasteiger partial charge in [0.05, 0.1) is 26.2 Å². The van der Waals surface area contributed by atoms with Crippen LogP contribution in [0.2, 0.25) is 5.02 Å². The average molecular weight is 400 g/mol. The van der Waals surface area contributed by atoms with E-state index in [-0.39, 0.29) is 5.91 Å². The molecule has 0 atom stereocenters. The summed E-state index contributed by atoms with van der Waals surface area (Å²) in [5.74, 6) is 0.0970. The quantitative estimate of drug-likeness (QED) is 0.465. The minimum atomic E-state index is 0.0970. The molecule has 0 aliphatic carbocycles.